The van der Waals surface area contributed by atoms with Gasteiger partial charge in [-0.3, -0.25) is 4.79 Å². The molecule has 0 fully saturated rings. The summed E-state index contributed by atoms with van der Waals surface area (Å²) in [7, 11) is -3.27. The van der Waals surface area contributed by atoms with Crippen LogP contribution in [-0.2, 0) is 42.1 Å². The summed E-state index contributed by atoms with van der Waals surface area (Å²) >= 11 is 0. The fraction of sp³-hybridized carbons (Fsp3) is 0.833. The van der Waals surface area contributed by atoms with Crippen LogP contribution >= 0.6 is 7.75 Å². The van der Waals surface area contributed by atoms with Crippen LogP contribution in [0.15, 0.2) is 4.76 Å². The number of likely N-dealkylation sites (N-methyl/N-ethyl adjacent to an activating group) is 1. The third-order valence-electron chi connectivity index (χ3n) is 4.71. The zero-order valence-corrected chi connectivity index (χ0v) is 25.3. The molecule has 15 heteroatoms. The van der Waals surface area contributed by atoms with Crippen molar-refractivity contribution in [3.63, 3.8) is 0 Å². The Kier molecular flexibility index (Phi) is 18.2. The van der Waals surface area contributed by atoms with Gasteiger partial charge in [0.2, 0.25) is 18.5 Å². The Hall–Kier alpha value is -2.57. The van der Waals surface area contributed by atoms with Crippen molar-refractivity contribution >= 4 is 32.0 Å². The number of carbonyl (C=O) groups excluding carboxylic acids is 3. The number of hydrogen-bond donors (Lipinski definition) is 1. The molecule has 0 amide bonds. The Bertz CT molecular complexity index is 781. The molecule has 0 bridgehead atoms. The maximum absolute atomic E-state index is 13.9. The third-order valence-corrected chi connectivity index (χ3v) is 6.11. The van der Waals surface area contributed by atoms with Gasteiger partial charge in [0.05, 0.1) is 19.8 Å². The molecule has 0 aliphatic rings. The van der Waals surface area contributed by atoms with Crippen molar-refractivity contribution in [2.45, 2.75) is 86.7 Å². The fourth-order valence-electron chi connectivity index (χ4n) is 2.43. The molecule has 0 saturated carbocycles. The lowest BCUT2D eigenvalue weighted by Crippen LogP contribution is -2.38. The molecule has 0 aromatic carbocycles. The molecule has 39 heavy (non-hydrogen) atoms. The van der Waals surface area contributed by atoms with Crippen LogP contribution in [-0.4, -0.2) is 75.1 Å². The van der Waals surface area contributed by atoms with Gasteiger partial charge in [-0.1, -0.05) is 54.4 Å². The predicted molar refractivity (Wildman–Crippen MR) is 143 cm³/mol. The molecule has 2 atom stereocenters. The van der Waals surface area contributed by atoms with Gasteiger partial charge in [0.25, 0.3) is 0 Å². The normalized spacial score (nSPS) is 14.8. The largest absolute Gasteiger partial charge is 0.510 e. The Morgan fingerprint density at radius 1 is 0.821 bits per heavy atom. The number of nitrogens with two attached hydrogens (primary N) is 1. The number of rotatable bonds is 18. The second-order valence-corrected chi connectivity index (χ2v) is 10.7. The molecular weight excluding hydrogens is 537 g/mol. The van der Waals surface area contributed by atoms with Gasteiger partial charge in [-0.05, 0) is 19.8 Å². The Morgan fingerprint density at radius 2 is 1.26 bits per heavy atom. The molecule has 0 aromatic heterocycles. The third kappa shape index (κ3) is 16.2. The van der Waals surface area contributed by atoms with Gasteiger partial charge in [0.15, 0.2) is 0 Å². The van der Waals surface area contributed by atoms with Crippen LogP contribution in [0.3, 0.4) is 0 Å². The summed E-state index contributed by atoms with van der Waals surface area (Å²) in [6.45, 7) is 12.1. The van der Waals surface area contributed by atoms with E-state index in [-0.39, 0.29) is 26.4 Å². The van der Waals surface area contributed by atoms with E-state index in [2.05, 4.69) is 4.76 Å². The first kappa shape index (κ1) is 36.4. The number of esters is 1. The zero-order valence-electron chi connectivity index (χ0n) is 24.4. The molecule has 0 aliphatic heterocycles. The second kappa shape index (κ2) is 19.5. The van der Waals surface area contributed by atoms with Crippen LogP contribution in [0.5, 0.6) is 0 Å². The number of guanidine groups is 1. The highest BCUT2D eigenvalue weighted by atomic mass is 31.2. The van der Waals surface area contributed by atoms with Gasteiger partial charge in [0, 0.05) is 18.9 Å². The molecule has 228 valence electrons. The average molecular weight is 584 g/mol. The monoisotopic (exact) mass is 583 g/mol. The summed E-state index contributed by atoms with van der Waals surface area (Å²) in [6.07, 6.45) is -2.13. The van der Waals surface area contributed by atoms with E-state index in [0.717, 1.165) is 17.7 Å². The van der Waals surface area contributed by atoms with Crippen LogP contribution in [0.1, 0.15) is 74.1 Å². The summed E-state index contributed by atoms with van der Waals surface area (Å²) in [5, 5.41) is 0. The van der Waals surface area contributed by atoms with Gasteiger partial charge in [-0.2, -0.15) is 0 Å². The highest BCUT2D eigenvalue weighted by molar-refractivity contribution is 7.52. The molecule has 0 aliphatic carbocycles. The van der Waals surface area contributed by atoms with Crippen LogP contribution in [0.25, 0.3) is 0 Å². The first-order valence-electron chi connectivity index (χ1n) is 13.1. The van der Waals surface area contributed by atoms with Crippen molar-refractivity contribution in [2.75, 3.05) is 33.4 Å². The summed E-state index contributed by atoms with van der Waals surface area (Å²) in [4.78, 5) is 37.4. The van der Waals surface area contributed by atoms with Crippen molar-refractivity contribution in [1.82, 2.24) is 4.90 Å². The van der Waals surface area contributed by atoms with Gasteiger partial charge >= 0.3 is 26.0 Å². The average Bonchev–Trinajstić information content (AvgIpc) is 2.83. The molecule has 0 rings (SSSR count). The van der Waals surface area contributed by atoms with Crippen molar-refractivity contribution in [3.8, 4) is 0 Å². The van der Waals surface area contributed by atoms with E-state index >= 15 is 0 Å². The Labute approximate surface area is 231 Å². The first-order valence-corrected chi connectivity index (χ1v) is 14.6. The molecule has 2 unspecified atom stereocenters. The molecule has 0 aromatic rings. The number of unbranched alkanes of at least 4 members (excludes halogenated alkanes) is 2. The van der Waals surface area contributed by atoms with E-state index in [4.69, 9.17) is 38.5 Å². The highest BCUT2D eigenvalue weighted by Gasteiger charge is 2.39. The number of ether oxygens (including phenoxy) is 5. The van der Waals surface area contributed by atoms with E-state index in [1.165, 1.54) is 7.05 Å². The predicted octanol–water partition coefficient (Wildman–Crippen LogP) is 4.81. The van der Waals surface area contributed by atoms with Gasteiger partial charge < -0.3 is 34.3 Å². The zero-order chi connectivity index (χ0) is 30.0. The highest BCUT2D eigenvalue weighted by Crippen LogP contribution is 2.54. The molecular formula is C24H46N3O11P. The topological polar surface area (TPSA) is 175 Å². The summed E-state index contributed by atoms with van der Waals surface area (Å²) in [6, 6.07) is 0. The maximum Gasteiger partial charge on any atom is 0.510 e. The lowest BCUT2D eigenvalue weighted by Gasteiger charge is -2.28. The van der Waals surface area contributed by atoms with E-state index < -0.39 is 56.4 Å². The van der Waals surface area contributed by atoms with Gasteiger partial charge in [0.1, 0.15) is 6.54 Å². The molecule has 0 radical (unpaired) electrons. The second-order valence-electron chi connectivity index (χ2n) is 9.16. The lowest BCUT2D eigenvalue weighted by atomic mass is 10.2. The summed E-state index contributed by atoms with van der Waals surface area (Å²) in [5.74, 6) is -2.09. The minimum absolute atomic E-state index is 0.126. The van der Waals surface area contributed by atoms with Crippen LogP contribution in [0.4, 0.5) is 9.59 Å². The van der Waals surface area contributed by atoms with Crippen LogP contribution in [0.2, 0.25) is 0 Å². The smallest absolute Gasteiger partial charge is 0.465 e. The number of nitrogens with zero attached hydrogens (tertiary/aromatic N) is 2. The molecule has 14 nitrogen and oxygen atoms in total. The van der Waals surface area contributed by atoms with E-state index in [1.807, 2.05) is 13.8 Å². The van der Waals surface area contributed by atoms with E-state index in [0.29, 0.717) is 12.8 Å². The fourth-order valence-corrected chi connectivity index (χ4v) is 4.08. The molecule has 0 saturated heterocycles. The Morgan fingerprint density at radius 3 is 1.62 bits per heavy atom. The lowest BCUT2D eigenvalue weighted by molar-refractivity contribution is -0.143. The Balaban J connectivity index is 6.05. The summed E-state index contributed by atoms with van der Waals surface area (Å²) in [5.41, 5.74) is 5.99. The quantitative estimate of drug-likeness (QED) is 0.0443. The van der Waals surface area contributed by atoms with Crippen LogP contribution < -0.4 is 5.73 Å². The SMILES string of the molecule is CCCCOC(=O)OC(OP(=O)(/N=C(\N)N(C)CC(=O)OCC)OC(OC(=O)OCCCC)C(C)C)C(C)C. The van der Waals surface area contributed by atoms with Crippen LogP contribution in [0, 0.1) is 11.8 Å². The molecule has 0 spiro atoms. The minimum Gasteiger partial charge on any atom is -0.465 e. The van der Waals surface area contributed by atoms with Crippen molar-refractivity contribution in [3.05, 3.63) is 0 Å². The van der Waals surface area contributed by atoms with E-state index in [9.17, 15) is 18.9 Å². The van der Waals surface area contributed by atoms with Gasteiger partial charge in [-0.15, -0.1) is 4.76 Å². The van der Waals surface area contributed by atoms with Crippen molar-refractivity contribution in [1.29, 1.82) is 0 Å². The summed E-state index contributed by atoms with van der Waals surface area (Å²) < 4.78 is 54.3. The van der Waals surface area contributed by atoms with Gasteiger partial charge in [-0.25, -0.2) is 23.2 Å². The molecule has 0 heterocycles. The standard InChI is InChI=1S/C24H46N3O11P/c1-9-12-14-33-23(29)35-20(17(4)5)37-39(31,26-22(25)27(8)16-19(28)32-11-3)38-21(18(6)7)36-24(30)34-15-13-10-2/h17-18,20-21H,9-16H2,1-8H3,(H2,25,26,31). The molecule has 2 N–H and O–H groups in total. The van der Waals surface area contributed by atoms with Crippen molar-refractivity contribution < 1.29 is 51.7 Å². The van der Waals surface area contributed by atoms with Crippen molar-refractivity contribution in [2.24, 2.45) is 22.3 Å². The van der Waals surface area contributed by atoms with E-state index in [1.54, 1.807) is 34.6 Å². The maximum atomic E-state index is 13.9. The number of hydrogen-bond acceptors (Lipinski definition) is 11. The number of carbonyl (C=O) groups is 3. The minimum atomic E-state index is -4.68. The first-order chi connectivity index (χ1) is 18.3.